The highest BCUT2D eigenvalue weighted by Gasteiger charge is 2.13. The van der Waals surface area contributed by atoms with Crippen molar-refractivity contribution < 1.29 is 14.3 Å². The van der Waals surface area contributed by atoms with E-state index in [0.29, 0.717) is 29.1 Å². The van der Waals surface area contributed by atoms with Gasteiger partial charge in [-0.1, -0.05) is 30.3 Å². The van der Waals surface area contributed by atoms with Crippen molar-refractivity contribution in [1.82, 2.24) is 10.7 Å². The van der Waals surface area contributed by atoms with Crippen LogP contribution in [0.2, 0.25) is 0 Å². The van der Waals surface area contributed by atoms with Crippen LogP contribution in [-0.4, -0.2) is 30.4 Å². The summed E-state index contributed by atoms with van der Waals surface area (Å²) in [6.07, 6.45) is 1.54. The molecule has 0 heterocycles. The largest absolute Gasteiger partial charge is 0.490 e. The van der Waals surface area contributed by atoms with E-state index in [-0.39, 0.29) is 17.6 Å². The van der Waals surface area contributed by atoms with Gasteiger partial charge in [-0.3, -0.25) is 10.2 Å². The first-order valence-electron chi connectivity index (χ1n) is 8.48. The monoisotopic (exact) mass is 464 g/mol. The fraction of sp³-hybridized carbons (Fsp3) is 0.211. The molecule has 1 amide bonds. The van der Waals surface area contributed by atoms with Crippen molar-refractivity contribution in [2.75, 3.05) is 13.2 Å². The Hall–Kier alpha value is -2.65. The second-order valence-electron chi connectivity index (χ2n) is 5.55. The van der Waals surface area contributed by atoms with Crippen molar-refractivity contribution >= 4 is 45.4 Å². The molecule has 148 valence electrons. The van der Waals surface area contributed by atoms with E-state index in [9.17, 15) is 4.79 Å². The topological polar surface area (TPSA) is 98.0 Å². The lowest BCUT2D eigenvalue weighted by Gasteiger charge is -2.14. The van der Waals surface area contributed by atoms with Crippen LogP contribution in [0.15, 0.2) is 52.0 Å². The number of hydrazone groups is 1. The van der Waals surface area contributed by atoms with Gasteiger partial charge in [0.1, 0.15) is 0 Å². The zero-order chi connectivity index (χ0) is 20.4. The van der Waals surface area contributed by atoms with Crippen LogP contribution >= 0.6 is 28.1 Å². The SMILES string of the molecule is CCOc1cc(/C=N/NC(N)=S)cc(Br)c1OCC(=O)NCc1ccccc1. The number of hydrogen-bond acceptors (Lipinski definition) is 5. The van der Waals surface area contributed by atoms with Crippen molar-refractivity contribution in [2.24, 2.45) is 10.8 Å². The Kier molecular flexibility index (Phi) is 8.70. The smallest absolute Gasteiger partial charge is 0.258 e. The van der Waals surface area contributed by atoms with Crippen LogP contribution in [0.1, 0.15) is 18.1 Å². The Labute approximate surface area is 177 Å². The molecule has 0 aliphatic heterocycles. The molecule has 0 fully saturated rings. The normalized spacial score (nSPS) is 10.5. The highest BCUT2D eigenvalue weighted by molar-refractivity contribution is 9.10. The number of nitrogens with two attached hydrogens (primary N) is 1. The molecule has 0 saturated carbocycles. The first-order valence-corrected chi connectivity index (χ1v) is 9.68. The lowest BCUT2D eigenvalue weighted by atomic mass is 10.2. The molecule has 0 saturated heterocycles. The van der Waals surface area contributed by atoms with Crippen LogP contribution in [0, 0.1) is 0 Å². The van der Waals surface area contributed by atoms with E-state index < -0.39 is 0 Å². The van der Waals surface area contributed by atoms with E-state index in [4.69, 9.17) is 27.4 Å². The summed E-state index contributed by atoms with van der Waals surface area (Å²) >= 11 is 8.14. The Morgan fingerprint density at radius 1 is 1.29 bits per heavy atom. The maximum absolute atomic E-state index is 12.1. The number of rotatable bonds is 9. The van der Waals surface area contributed by atoms with Crippen LogP contribution in [0.25, 0.3) is 0 Å². The standard InChI is InChI=1S/C19H21BrN4O3S/c1-2-26-16-9-14(11-23-24-19(21)28)8-15(20)18(16)27-12-17(25)22-10-13-6-4-3-5-7-13/h3-9,11H,2,10,12H2,1H3,(H,22,25)(H3,21,24,28)/b23-11+. The number of amides is 1. The first kappa shape index (κ1) is 21.6. The lowest BCUT2D eigenvalue weighted by Crippen LogP contribution is -2.28. The van der Waals surface area contributed by atoms with E-state index in [1.165, 1.54) is 0 Å². The molecule has 0 atom stereocenters. The highest BCUT2D eigenvalue weighted by atomic mass is 79.9. The Balaban J connectivity index is 2.01. The molecule has 0 aromatic heterocycles. The van der Waals surface area contributed by atoms with Gasteiger partial charge in [0.25, 0.3) is 5.91 Å². The van der Waals surface area contributed by atoms with E-state index >= 15 is 0 Å². The number of carbonyl (C=O) groups excluding carboxylic acids is 1. The number of thiocarbonyl (C=S) groups is 1. The number of benzene rings is 2. The number of carbonyl (C=O) groups is 1. The van der Waals surface area contributed by atoms with Crippen molar-refractivity contribution in [3.8, 4) is 11.5 Å². The van der Waals surface area contributed by atoms with Gasteiger partial charge in [0.2, 0.25) is 0 Å². The molecule has 2 rings (SSSR count). The zero-order valence-corrected chi connectivity index (χ0v) is 17.7. The summed E-state index contributed by atoms with van der Waals surface area (Å²) in [7, 11) is 0. The van der Waals surface area contributed by atoms with Crippen LogP contribution in [-0.2, 0) is 11.3 Å². The summed E-state index contributed by atoms with van der Waals surface area (Å²) in [4.78, 5) is 12.1. The van der Waals surface area contributed by atoms with Gasteiger partial charge in [-0.05, 0) is 58.3 Å². The zero-order valence-electron chi connectivity index (χ0n) is 15.3. The summed E-state index contributed by atoms with van der Waals surface area (Å²) in [6.45, 7) is 2.60. The van der Waals surface area contributed by atoms with Crippen LogP contribution in [0.5, 0.6) is 11.5 Å². The van der Waals surface area contributed by atoms with E-state index in [1.807, 2.05) is 37.3 Å². The maximum Gasteiger partial charge on any atom is 0.258 e. The summed E-state index contributed by atoms with van der Waals surface area (Å²) in [5.74, 6) is 0.699. The molecular formula is C19H21BrN4O3S. The number of nitrogens with zero attached hydrogens (tertiary/aromatic N) is 1. The van der Waals surface area contributed by atoms with E-state index in [0.717, 1.165) is 11.1 Å². The predicted octanol–water partition coefficient (Wildman–Crippen LogP) is 2.71. The minimum atomic E-state index is -0.232. The average Bonchev–Trinajstić information content (AvgIpc) is 2.66. The van der Waals surface area contributed by atoms with Crippen LogP contribution < -0.4 is 25.9 Å². The molecule has 0 unspecified atom stereocenters. The summed E-state index contributed by atoms with van der Waals surface area (Å²) in [6, 6.07) is 13.2. The van der Waals surface area contributed by atoms with Crippen molar-refractivity contribution in [3.05, 3.63) is 58.1 Å². The van der Waals surface area contributed by atoms with Crippen molar-refractivity contribution in [3.63, 3.8) is 0 Å². The molecule has 0 radical (unpaired) electrons. The molecule has 9 heteroatoms. The summed E-state index contributed by atoms with van der Waals surface area (Å²) < 4.78 is 11.9. The van der Waals surface area contributed by atoms with E-state index in [2.05, 4.69) is 31.8 Å². The molecule has 28 heavy (non-hydrogen) atoms. The molecule has 2 aromatic rings. The number of halogens is 1. The quantitative estimate of drug-likeness (QED) is 0.299. The van der Waals surface area contributed by atoms with Gasteiger partial charge >= 0.3 is 0 Å². The second kappa shape index (κ2) is 11.3. The maximum atomic E-state index is 12.1. The molecule has 0 aliphatic carbocycles. The number of ether oxygens (including phenoxy) is 2. The highest BCUT2D eigenvalue weighted by Crippen LogP contribution is 2.36. The third-order valence-corrected chi connectivity index (χ3v) is 4.08. The van der Waals surface area contributed by atoms with Gasteiger partial charge in [-0.15, -0.1) is 0 Å². The Bertz CT molecular complexity index is 847. The molecule has 7 nitrogen and oxygen atoms in total. The predicted molar refractivity (Wildman–Crippen MR) is 117 cm³/mol. The summed E-state index contributed by atoms with van der Waals surface area (Å²) in [5, 5.41) is 6.81. The van der Waals surface area contributed by atoms with Crippen LogP contribution in [0.4, 0.5) is 0 Å². The second-order valence-corrected chi connectivity index (χ2v) is 6.84. The third-order valence-electron chi connectivity index (χ3n) is 3.40. The van der Waals surface area contributed by atoms with Gasteiger partial charge in [-0.2, -0.15) is 5.10 Å². The fourth-order valence-electron chi connectivity index (χ4n) is 2.22. The van der Waals surface area contributed by atoms with Gasteiger partial charge < -0.3 is 20.5 Å². The van der Waals surface area contributed by atoms with E-state index in [1.54, 1.807) is 18.3 Å². The number of hydrogen-bond donors (Lipinski definition) is 3. The lowest BCUT2D eigenvalue weighted by molar-refractivity contribution is -0.123. The minimum absolute atomic E-state index is 0.0711. The third kappa shape index (κ3) is 7.16. The first-order chi connectivity index (χ1) is 13.5. The molecular weight excluding hydrogens is 444 g/mol. The summed E-state index contributed by atoms with van der Waals surface area (Å²) in [5.41, 5.74) is 9.57. The van der Waals surface area contributed by atoms with Gasteiger partial charge in [0, 0.05) is 6.54 Å². The average molecular weight is 465 g/mol. The molecule has 4 N–H and O–H groups in total. The van der Waals surface area contributed by atoms with Gasteiger partial charge in [0.05, 0.1) is 17.3 Å². The molecule has 2 aromatic carbocycles. The van der Waals surface area contributed by atoms with Crippen molar-refractivity contribution in [1.29, 1.82) is 0 Å². The number of nitrogens with one attached hydrogen (secondary N) is 2. The fourth-order valence-corrected chi connectivity index (χ4v) is 2.85. The molecule has 0 bridgehead atoms. The molecule has 0 aliphatic rings. The Morgan fingerprint density at radius 2 is 2.04 bits per heavy atom. The van der Waals surface area contributed by atoms with Crippen molar-refractivity contribution in [2.45, 2.75) is 13.5 Å². The van der Waals surface area contributed by atoms with Gasteiger partial charge in [-0.25, -0.2) is 0 Å². The van der Waals surface area contributed by atoms with Gasteiger partial charge in [0.15, 0.2) is 23.2 Å². The minimum Gasteiger partial charge on any atom is -0.490 e. The van der Waals surface area contributed by atoms with Crippen LogP contribution in [0.3, 0.4) is 0 Å². The molecule has 0 spiro atoms. The Morgan fingerprint density at radius 3 is 2.71 bits per heavy atom.